The predicted molar refractivity (Wildman–Crippen MR) is 76.1 cm³/mol. The number of nitrogens with two attached hydrogens (primary N) is 1. The molecule has 2 rings (SSSR count). The first-order valence-electron chi connectivity index (χ1n) is 6.35. The Labute approximate surface area is 112 Å². The van der Waals surface area contributed by atoms with Crippen LogP contribution in [-0.4, -0.2) is 24.0 Å². The number of hydrogen-bond donors (Lipinski definition) is 1. The molecule has 0 saturated carbocycles. The van der Waals surface area contributed by atoms with Crippen molar-refractivity contribution >= 4 is 15.9 Å². The van der Waals surface area contributed by atoms with Crippen LogP contribution >= 0.6 is 15.9 Å². The van der Waals surface area contributed by atoms with Gasteiger partial charge in [-0.2, -0.15) is 0 Å². The van der Waals surface area contributed by atoms with Gasteiger partial charge in [-0.1, -0.05) is 28.1 Å². The molecule has 0 aliphatic carbocycles. The smallest absolute Gasteiger partial charge is 0.0484 e. The molecule has 2 nitrogen and oxygen atoms in total. The van der Waals surface area contributed by atoms with Crippen LogP contribution in [0.5, 0.6) is 0 Å². The summed E-state index contributed by atoms with van der Waals surface area (Å²) in [7, 11) is 0. The highest BCUT2D eigenvalue weighted by atomic mass is 79.9. The second kappa shape index (κ2) is 5.51. The van der Waals surface area contributed by atoms with Crippen molar-refractivity contribution in [1.29, 1.82) is 0 Å². The SMILES string of the molecule is Cc1ccc(C(CN)N2CCCC2C)c(Br)c1. The first-order valence-corrected chi connectivity index (χ1v) is 7.14. The van der Waals surface area contributed by atoms with Gasteiger partial charge in [-0.05, 0) is 50.4 Å². The lowest BCUT2D eigenvalue weighted by Crippen LogP contribution is -2.36. The summed E-state index contributed by atoms with van der Waals surface area (Å²) in [5.41, 5.74) is 8.60. The van der Waals surface area contributed by atoms with E-state index in [1.165, 1.54) is 35.0 Å². The van der Waals surface area contributed by atoms with Crippen LogP contribution < -0.4 is 5.73 Å². The quantitative estimate of drug-likeness (QED) is 0.928. The van der Waals surface area contributed by atoms with Crippen molar-refractivity contribution in [2.75, 3.05) is 13.1 Å². The van der Waals surface area contributed by atoms with Crippen LogP contribution in [-0.2, 0) is 0 Å². The molecule has 2 N–H and O–H groups in total. The standard InChI is InChI=1S/C14H21BrN2/c1-10-5-6-12(13(15)8-10)14(9-16)17-7-3-4-11(17)2/h5-6,8,11,14H,3-4,7,9,16H2,1-2H3. The molecule has 2 atom stereocenters. The van der Waals surface area contributed by atoms with E-state index in [1.54, 1.807) is 0 Å². The average molecular weight is 297 g/mol. The van der Waals surface area contributed by atoms with Gasteiger partial charge in [0, 0.05) is 23.1 Å². The van der Waals surface area contributed by atoms with Crippen molar-refractivity contribution in [2.45, 2.75) is 38.8 Å². The maximum absolute atomic E-state index is 5.99. The molecular weight excluding hydrogens is 276 g/mol. The Bertz CT molecular complexity index is 392. The molecule has 0 aromatic heterocycles. The first-order chi connectivity index (χ1) is 8.13. The summed E-state index contributed by atoms with van der Waals surface area (Å²) in [5.74, 6) is 0. The molecule has 1 aliphatic heterocycles. The molecule has 1 saturated heterocycles. The molecule has 1 fully saturated rings. The number of aryl methyl sites for hydroxylation is 1. The fourth-order valence-electron chi connectivity index (χ4n) is 2.76. The van der Waals surface area contributed by atoms with E-state index in [4.69, 9.17) is 5.73 Å². The Hall–Kier alpha value is -0.380. The molecule has 17 heavy (non-hydrogen) atoms. The second-order valence-corrected chi connectivity index (χ2v) is 5.86. The first kappa shape index (κ1) is 13.1. The lowest BCUT2D eigenvalue weighted by Gasteiger charge is -2.31. The molecule has 3 heteroatoms. The van der Waals surface area contributed by atoms with Gasteiger partial charge in [0.15, 0.2) is 0 Å². The van der Waals surface area contributed by atoms with Crippen molar-refractivity contribution in [3.63, 3.8) is 0 Å². The minimum Gasteiger partial charge on any atom is -0.329 e. The van der Waals surface area contributed by atoms with Crippen LogP contribution in [0.25, 0.3) is 0 Å². The van der Waals surface area contributed by atoms with Crippen molar-refractivity contribution in [3.8, 4) is 0 Å². The molecule has 0 amide bonds. The summed E-state index contributed by atoms with van der Waals surface area (Å²) >= 11 is 3.67. The molecule has 1 aromatic rings. The van der Waals surface area contributed by atoms with Crippen LogP contribution in [0.15, 0.2) is 22.7 Å². The highest BCUT2D eigenvalue weighted by Crippen LogP contribution is 2.32. The average Bonchev–Trinajstić information content (AvgIpc) is 2.69. The normalized spacial score (nSPS) is 22.9. The van der Waals surface area contributed by atoms with Gasteiger partial charge >= 0.3 is 0 Å². The zero-order valence-electron chi connectivity index (χ0n) is 10.6. The fourth-order valence-corrected chi connectivity index (χ4v) is 3.52. The Kier molecular flexibility index (Phi) is 4.23. The number of nitrogens with zero attached hydrogens (tertiary/aromatic N) is 1. The Morgan fingerprint density at radius 2 is 2.29 bits per heavy atom. The molecule has 0 spiro atoms. The van der Waals surface area contributed by atoms with Crippen LogP contribution in [0.3, 0.4) is 0 Å². The second-order valence-electron chi connectivity index (χ2n) is 5.01. The Morgan fingerprint density at radius 1 is 1.53 bits per heavy atom. The van der Waals surface area contributed by atoms with Crippen molar-refractivity contribution in [3.05, 3.63) is 33.8 Å². The van der Waals surface area contributed by atoms with E-state index in [9.17, 15) is 0 Å². The molecule has 1 aromatic carbocycles. The number of hydrogen-bond acceptors (Lipinski definition) is 2. The van der Waals surface area contributed by atoms with Gasteiger partial charge in [0.25, 0.3) is 0 Å². The topological polar surface area (TPSA) is 29.3 Å². The number of halogens is 1. The van der Waals surface area contributed by atoms with Crippen LogP contribution in [0.2, 0.25) is 0 Å². The summed E-state index contributed by atoms with van der Waals surface area (Å²) in [6.07, 6.45) is 2.58. The monoisotopic (exact) mass is 296 g/mol. The third-order valence-electron chi connectivity index (χ3n) is 3.74. The molecule has 0 radical (unpaired) electrons. The van der Waals surface area contributed by atoms with Gasteiger partial charge in [0.1, 0.15) is 0 Å². The zero-order valence-corrected chi connectivity index (χ0v) is 12.2. The zero-order chi connectivity index (χ0) is 12.4. The predicted octanol–water partition coefficient (Wildman–Crippen LogP) is 3.24. The summed E-state index contributed by atoms with van der Waals surface area (Å²) in [6.45, 7) is 6.28. The summed E-state index contributed by atoms with van der Waals surface area (Å²) < 4.78 is 1.19. The molecular formula is C14H21BrN2. The summed E-state index contributed by atoms with van der Waals surface area (Å²) in [6, 6.07) is 7.56. The highest BCUT2D eigenvalue weighted by molar-refractivity contribution is 9.10. The number of rotatable bonds is 3. The van der Waals surface area contributed by atoms with Gasteiger partial charge in [0.2, 0.25) is 0 Å². The van der Waals surface area contributed by atoms with Gasteiger partial charge < -0.3 is 5.73 Å². The van der Waals surface area contributed by atoms with E-state index in [0.717, 1.165) is 0 Å². The number of likely N-dealkylation sites (tertiary alicyclic amines) is 1. The fraction of sp³-hybridized carbons (Fsp3) is 0.571. The largest absolute Gasteiger partial charge is 0.329 e. The maximum atomic E-state index is 5.99. The minimum absolute atomic E-state index is 0.350. The van der Waals surface area contributed by atoms with E-state index in [0.29, 0.717) is 18.6 Å². The van der Waals surface area contributed by atoms with Crippen LogP contribution in [0, 0.1) is 6.92 Å². The molecule has 1 aliphatic rings. The highest BCUT2D eigenvalue weighted by Gasteiger charge is 2.28. The Balaban J connectivity index is 2.28. The molecule has 94 valence electrons. The third kappa shape index (κ3) is 2.72. The third-order valence-corrected chi connectivity index (χ3v) is 4.43. The van der Waals surface area contributed by atoms with Crippen LogP contribution in [0.1, 0.15) is 36.9 Å². The van der Waals surface area contributed by atoms with Crippen molar-refractivity contribution < 1.29 is 0 Å². The van der Waals surface area contributed by atoms with E-state index in [2.05, 4.69) is 52.9 Å². The Morgan fingerprint density at radius 3 is 2.82 bits per heavy atom. The summed E-state index contributed by atoms with van der Waals surface area (Å²) in [5, 5.41) is 0. The lowest BCUT2D eigenvalue weighted by atomic mass is 10.0. The minimum atomic E-state index is 0.350. The number of benzene rings is 1. The van der Waals surface area contributed by atoms with Gasteiger partial charge in [-0.15, -0.1) is 0 Å². The van der Waals surface area contributed by atoms with Crippen molar-refractivity contribution in [2.24, 2.45) is 5.73 Å². The lowest BCUT2D eigenvalue weighted by molar-refractivity contribution is 0.195. The molecule has 1 heterocycles. The van der Waals surface area contributed by atoms with E-state index in [1.807, 2.05) is 0 Å². The van der Waals surface area contributed by atoms with Crippen LogP contribution in [0.4, 0.5) is 0 Å². The maximum Gasteiger partial charge on any atom is 0.0484 e. The van der Waals surface area contributed by atoms with E-state index < -0.39 is 0 Å². The van der Waals surface area contributed by atoms with Crippen molar-refractivity contribution in [1.82, 2.24) is 4.90 Å². The van der Waals surface area contributed by atoms with E-state index in [-0.39, 0.29) is 0 Å². The van der Waals surface area contributed by atoms with Gasteiger partial charge in [-0.3, -0.25) is 4.90 Å². The van der Waals surface area contributed by atoms with Gasteiger partial charge in [0.05, 0.1) is 0 Å². The summed E-state index contributed by atoms with van der Waals surface area (Å²) in [4.78, 5) is 2.54. The molecule has 0 bridgehead atoms. The molecule has 2 unspecified atom stereocenters. The van der Waals surface area contributed by atoms with Gasteiger partial charge in [-0.25, -0.2) is 0 Å². The van der Waals surface area contributed by atoms with E-state index >= 15 is 0 Å².